The lowest BCUT2D eigenvalue weighted by Crippen LogP contribution is -2.25. The second kappa shape index (κ2) is 6.74. The fraction of sp³-hybridized carbons (Fsp3) is 0.333. The van der Waals surface area contributed by atoms with Crippen LogP contribution in [0.2, 0.25) is 5.02 Å². The number of carbonyl (C=O) groups excluding carboxylic acids is 2. The van der Waals surface area contributed by atoms with Gasteiger partial charge in [-0.15, -0.1) is 0 Å². The van der Waals surface area contributed by atoms with Gasteiger partial charge >= 0.3 is 0 Å². The van der Waals surface area contributed by atoms with E-state index in [-0.39, 0.29) is 11.8 Å². The first-order valence-corrected chi connectivity index (χ1v) is 7.01. The third-order valence-corrected chi connectivity index (χ3v) is 3.40. The molecule has 0 saturated carbocycles. The number of amides is 1. The van der Waals surface area contributed by atoms with Crippen LogP contribution in [0.1, 0.15) is 28.5 Å². The van der Waals surface area contributed by atoms with Gasteiger partial charge in [0.15, 0.2) is 0 Å². The molecule has 0 fully saturated rings. The van der Waals surface area contributed by atoms with Gasteiger partial charge in [0, 0.05) is 43.8 Å². The summed E-state index contributed by atoms with van der Waals surface area (Å²) < 4.78 is 6.37. The second-order valence-electron chi connectivity index (χ2n) is 4.70. The monoisotopic (exact) mass is 308 g/mol. The van der Waals surface area contributed by atoms with Crippen LogP contribution in [0.5, 0.6) is 0 Å². The highest BCUT2D eigenvalue weighted by Crippen LogP contribution is 2.24. The van der Waals surface area contributed by atoms with Crippen LogP contribution in [-0.4, -0.2) is 36.6 Å². The lowest BCUT2D eigenvalue weighted by molar-refractivity contribution is 0.0941. The molecule has 1 amide bonds. The molecule has 0 bridgehead atoms. The van der Waals surface area contributed by atoms with Crippen molar-refractivity contribution in [2.24, 2.45) is 0 Å². The highest BCUT2D eigenvalue weighted by Gasteiger charge is 2.16. The molecule has 1 aromatic heterocycles. The molecule has 1 N–H and O–H groups in total. The van der Waals surface area contributed by atoms with E-state index in [2.05, 4.69) is 5.32 Å². The molecule has 5 nitrogen and oxygen atoms in total. The first kappa shape index (κ1) is 15.5. The molecule has 0 radical (unpaired) electrons. The number of hydrogen-bond acceptors (Lipinski definition) is 3. The van der Waals surface area contributed by atoms with Crippen LogP contribution in [-0.2, 0) is 4.74 Å². The Morgan fingerprint density at radius 1 is 1.38 bits per heavy atom. The summed E-state index contributed by atoms with van der Waals surface area (Å²) in [6.45, 7) is 2.55. The van der Waals surface area contributed by atoms with Crippen molar-refractivity contribution >= 4 is 34.3 Å². The van der Waals surface area contributed by atoms with Crippen molar-refractivity contribution in [1.29, 1.82) is 0 Å². The molecule has 2 aromatic rings. The molecule has 0 saturated heterocycles. The van der Waals surface area contributed by atoms with Crippen molar-refractivity contribution in [2.45, 2.75) is 13.3 Å². The molecule has 0 aliphatic rings. The Labute approximate surface area is 127 Å². The van der Waals surface area contributed by atoms with Crippen LogP contribution < -0.4 is 5.32 Å². The van der Waals surface area contributed by atoms with Crippen LogP contribution in [0.15, 0.2) is 24.4 Å². The van der Waals surface area contributed by atoms with Crippen molar-refractivity contribution in [2.75, 3.05) is 20.3 Å². The predicted molar refractivity (Wildman–Crippen MR) is 82.1 cm³/mol. The van der Waals surface area contributed by atoms with Crippen molar-refractivity contribution in [3.05, 3.63) is 35.0 Å². The Morgan fingerprint density at radius 3 is 2.81 bits per heavy atom. The molecule has 1 aromatic carbocycles. The van der Waals surface area contributed by atoms with E-state index in [0.717, 1.165) is 6.42 Å². The third-order valence-electron chi connectivity index (χ3n) is 3.16. The van der Waals surface area contributed by atoms with Gasteiger partial charge in [-0.3, -0.25) is 14.2 Å². The Morgan fingerprint density at radius 2 is 2.14 bits per heavy atom. The van der Waals surface area contributed by atoms with E-state index in [1.54, 1.807) is 31.5 Å². The average molecular weight is 309 g/mol. The molecule has 0 atom stereocenters. The smallest absolute Gasteiger partial charge is 0.253 e. The van der Waals surface area contributed by atoms with E-state index in [0.29, 0.717) is 34.6 Å². The molecular formula is C15H17ClN2O3. The number of methoxy groups -OCH3 is 1. The summed E-state index contributed by atoms with van der Waals surface area (Å²) in [6.07, 6.45) is 2.29. The number of aromatic nitrogens is 1. The zero-order valence-corrected chi connectivity index (χ0v) is 12.7. The minimum atomic E-state index is -0.210. The summed E-state index contributed by atoms with van der Waals surface area (Å²) in [5.41, 5.74) is 1.10. The highest BCUT2D eigenvalue weighted by molar-refractivity contribution is 6.31. The lowest BCUT2D eigenvalue weighted by atomic mass is 10.1. The number of nitrogens with zero attached hydrogens (tertiary/aromatic N) is 1. The number of rotatable bonds is 5. The second-order valence-corrected chi connectivity index (χ2v) is 5.13. The minimum Gasteiger partial charge on any atom is -0.385 e. The van der Waals surface area contributed by atoms with Crippen molar-refractivity contribution in [3.8, 4) is 0 Å². The maximum atomic E-state index is 12.2. The number of carbonyl (C=O) groups is 2. The third kappa shape index (κ3) is 3.43. The van der Waals surface area contributed by atoms with Gasteiger partial charge in [0.2, 0.25) is 5.91 Å². The van der Waals surface area contributed by atoms with Gasteiger partial charge in [-0.2, -0.15) is 0 Å². The topological polar surface area (TPSA) is 60.3 Å². The molecule has 112 valence electrons. The van der Waals surface area contributed by atoms with Gasteiger partial charge in [-0.25, -0.2) is 0 Å². The van der Waals surface area contributed by atoms with Gasteiger partial charge in [-0.1, -0.05) is 17.7 Å². The predicted octanol–water partition coefficient (Wildman–Crippen LogP) is 2.72. The summed E-state index contributed by atoms with van der Waals surface area (Å²) >= 11 is 5.96. The minimum absolute atomic E-state index is 0.166. The molecular weight excluding hydrogens is 292 g/mol. The van der Waals surface area contributed by atoms with Gasteiger partial charge in [0.1, 0.15) is 0 Å². The number of fused-ring (bicyclic) bond motifs is 1. The Balaban J connectivity index is 2.31. The van der Waals surface area contributed by atoms with Crippen LogP contribution in [0.25, 0.3) is 10.9 Å². The number of ether oxygens (including phenoxy) is 1. The van der Waals surface area contributed by atoms with E-state index >= 15 is 0 Å². The maximum absolute atomic E-state index is 12.2. The molecule has 0 aliphatic heterocycles. The normalized spacial score (nSPS) is 10.8. The van der Waals surface area contributed by atoms with E-state index in [1.807, 2.05) is 0 Å². The van der Waals surface area contributed by atoms with Gasteiger partial charge in [0.25, 0.3) is 5.91 Å². The van der Waals surface area contributed by atoms with Crippen LogP contribution in [0, 0.1) is 0 Å². The molecule has 1 heterocycles. The SMILES string of the molecule is COCCCNC(=O)c1cn(C(C)=O)c2cc(Cl)ccc12. The molecule has 0 unspecified atom stereocenters. The van der Waals surface area contributed by atoms with Crippen LogP contribution in [0.4, 0.5) is 0 Å². The average Bonchev–Trinajstić information content (AvgIpc) is 2.82. The van der Waals surface area contributed by atoms with Crippen LogP contribution >= 0.6 is 11.6 Å². The van der Waals surface area contributed by atoms with Gasteiger partial charge < -0.3 is 10.1 Å². The number of nitrogens with one attached hydrogen (secondary N) is 1. The van der Waals surface area contributed by atoms with Crippen molar-refractivity contribution in [3.63, 3.8) is 0 Å². The molecule has 6 heteroatoms. The summed E-state index contributed by atoms with van der Waals surface area (Å²) in [4.78, 5) is 23.9. The van der Waals surface area contributed by atoms with E-state index in [1.165, 1.54) is 11.5 Å². The number of hydrogen-bond donors (Lipinski definition) is 1. The van der Waals surface area contributed by atoms with Gasteiger partial charge in [-0.05, 0) is 18.6 Å². The zero-order chi connectivity index (χ0) is 15.4. The fourth-order valence-corrected chi connectivity index (χ4v) is 2.32. The number of benzene rings is 1. The van der Waals surface area contributed by atoms with Crippen molar-refractivity contribution < 1.29 is 14.3 Å². The summed E-state index contributed by atoms with van der Waals surface area (Å²) in [7, 11) is 1.62. The highest BCUT2D eigenvalue weighted by atomic mass is 35.5. The lowest BCUT2D eigenvalue weighted by Gasteiger charge is -2.03. The van der Waals surface area contributed by atoms with E-state index in [4.69, 9.17) is 16.3 Å². The standard InChI is InChI=1S/C15H17ClN2O3/c1-10(19)18-9-13(15(20)17-6-3-7-21-2)12-5-4-11(16)8-14(12)18/h4-5,8-9H,3,6-7H2,1-2H3,(H,17,20). The Hall–Kier alpha value is -1.85. The Bertz CT molecular complexity index is 679. The van der Waals surface area contributed by atoms with E-state index < -0.39 is 0 Å². The maximum Gasteiger partial charge on any atom is 0.253 e. The van der Waals surface area contributed by atoms with E-state index in [9.17, 15) is 9.59 Å². The first-order chi connectivity index (χ1) is 10.0. The van der Waals surface area contributed by atoms with Gasteiger partial charge in [0.05, 0.1) is 11.1 Å². The van der Waals surface area contributed by atoms with Crippen LogP contribution in [0.3, 0.4) is 0 Å². The number of halogens is 1. The summed E-state index contributed by atoms with van der Waals surface area (Å²) in [6, 6.07) is 5.14. The molecule has 0 aliphatic carbocycles. The molecule has 21 heavy (non-hydrogen) atoms. The summed E-state index contributed by atoms with van der Waals surface area (Å²) in [5.74, 6) is -0.376. The quantitative estimate of drug-likeness (QED) is 0.864. The largest absolute Gasteiger partial charge is 0.385 e. The van der Waals surface area contributed by atoms with Crippen molar-refractivity contribution in [1.82, 2.24) is 9.88 Å². The first-order valence-electron chi connectivity index (χ1n) is 6.63. The zero-order valence-electron chi connectivity index (χ0n) is 12.0. The fourth-order valence-electron chi connectivity index (χ4n) is 2.16. The Kier molecular flexibility index (Phi) is 4.98. The molecule has 0 spiro atoms. The summed E-state index contributed by atoms with van der Waals surface area (Å²) in [5, 5.41) is 4.05. The molecule has 2 rings (SSSR count).